The van der Waals surface area contributed by atoms with Crippen LogP contribution < -0.4 is 10.6 Å². The van der Waals surface area contributed by atoms with Crippen molar-refractivity contribution in [1.82, 2.24) is 0 Å². The molecule has 1 aromatic carbocycles. The highest BCUT2D eigenvalue weighted by Gasteiger charge is 2.11. The summed E-state index contributed by atoms with van der Waals surface area (Å²) in [6.45, 7) is 4.71. The third kappa shape index (κ3) is 3.15. The van der Waals surface area contributed by atoms with Gasteiger partial charge in [0.2, 0.25) is 0 Å². The Morgan fingerprint density at radius 2 is 2.00 bits per heavy atom. The van der Waals surface area contributed by atoms with Crippen molar-refractivity contribution < 1.29 is 5.21 Å². The summed E-state index contributed by atoms with van der Waals surface area (Å²) in [5.74, 6) is 0.287. The van der Waals surface area contributed by atoms with Gasteiger partial charge in [0.05, 0.1) is 0 Å². The Morgan fingerprint density at radius 3 is 2.50 bits per heavy atom. The van der Waals surface area contributed by atoms with Gasteiger partial charge in [-0.3, -0.25) is 0 Å². The highest BCUT2D eigenvalue weighted by atomic mass is 16.4. The van der Waals surface area contributed by atoms with Crippen molar-refractivity contribution in [3.8, 4) is 0 Å². The number of aryl methyl sites for hydroxylation is 1. The Kier molecular flexibility index (Phi) is 4.17. The number of hydrogen-bond donors (Lipinski definition) is 2. The first-order valence-corrected chi connectivity index (χ1v) is 5.29. The predicted octanol–water partition coefficient (Wildman–Crippen LogP) is 1.81. The monoisotopic (exact) mass is 221 g/mol. The lowest BCUT2D eigenvalue weighted by Crippen LogP contribution is -2.32. The molecular weight excluding hydrogens is 202 g/mol. The summed E-state index contributed by atoms with van der Waals surface area (Å²) >= 11 is 0. The lowest BCUT2D eigenvalue weighted by atomic mass is 10.1. The number of nitrogens with two attached hydrogens (primary N) is 1. The molecule has 0 aliphatic carbocycles. The van der Waals surface area contributed by atoms with Gasteiger partial charge in [0, 0.05) is 25.2 Å². The van der Waals surface area contributed by atoms with Gasteiger partial charge in [-0.1, -0.05) is 29.8 Å². The first-order valence-electron chi connectivity index (χ1n) is 5.29. The standard InChI is InChI=1S/C12H19N3O/c1-9-4-6-11(7-5-9)15(3)8-10(2)12(13)14-16/h4-7,10,16H,8H2,1-3H3,(H2,13,14). The van der Waals surface area contributed by atoms with E-state index in [0.29, 0.717) is 0 Å². The molecule has 0 aliphatic rings. The van der Waals surface area contributed by atoms with Crippen LogP contribution in [0.25, 0.3) is 0 Å². The van der Waals surface area contributed by atoms with Crippen molar-refractivity contribution in [2.24, 2.45) is 16.8 Å². The van der Waals surface area contributed by atoms with E-state index in [4.69, 9.17) is 10.9 Å². The van der Waals surface area contributed by atoms with Gasteiger partial charge in [0.15, 0.2) is 0 Å². The fourth-order valence-corrected chi connectivity index (χ4v) is 1.51. The maximum Gasteiger partial charge on any atom is 0.143 e. The zero-order valence-electron chi connectivity index (χ0n) is 10.0. The van der Waals surface area contributed by atoms with Crippen LogP contribution in [0.4, 0.5) is 5.69 Å². The second-order valence-electron chi connectivity index (χ2n) is 4.14. The summed E-state index contributed by atoms with van der Waals surface area (Å²) in [6, 6.07) is 8.27. The molecule has 1 atom stereocenters. The Bertz CT molecular complexity index is 359. The average molecular weight is 221 g/mol. The molecule has 88 valence electrons. The molecular formula is C12H19N3O. The lowest BCUT2D eigenvalue weighted by molar-refractivity contribution is 0.314. The third-order valence-electron chi connectivity index (χ3n) is 2.64. The molecule has 0 radical (unpaired) electrons. The Morgan fingerprint density at radius 1 is 1.44 bits per heavy atom. The van der Waals surface area contributed by atoms with Crippen LogP contribution in [0.1, 0.15) is 12.5 Å². The summed E-state index contributed by atoms with van der Waals surface area (Å²) in [5.41, 5.74) is 7.91. The molecule has 1 rings (SSSR count). The number of amidine groups is 1. The number of nitrogens with zero attached hydrogens (tertiary/aromatic N) is 2. The molecule has 0 fully saturated rings. The molecule has 0 saturated carbocycles. The minimum atomic E-state index is 0.0244. The molecule has 1 unspecified atom stereocenters. The first-order chi connectivity index (χ1) is 7.54. The SMILES string of the molecule is Cc1ccc(N(C)CC(C)C(N)=NO)cc1. The topological polar surface area (TPSA) is 61.8 Å². The summed E-state index contributed by atoms with van der Waals surface area (Å²) < 4.78 is 0. The van der Waals surface area contributed by atoms with Crippen molar-refractivity contribution in [1.29, 1.82) is 0 Å². The van der Waals surface area contributed by atoms with Gasteiger partial charge in [-0.2, -0.15) is 0 Å². The molecule has 0 saturated heterocycles. The van der Waals surface area contributed by atoms with Crippen LogP contribution >= 0.6 is 0 Å². The highest BCUT2D eigenvalue weighted by molar-refractivity contribution is 5.82. The van der Waals surface area contributed by atoms with Crippen LogP contribution in [0, 0.1) is 12.8 Å². The summed E-state index contributed by atoms with van der Waals surface area (Å²) in [6.07, 6.45) is 0. The maximum atomic E-state index is 8.57. The van der Waals surface area contributed by atoms with Crippen molar-refractivity contribution in [2.45, 2.75) is 13.8 Å². The Hall–Kier alpha value is -1.71. The van der Waals surface area contributed by atoms with Crippen LogP contribution in [0.3, 0.4) is 0 Å². The van der Waals surface area contributed by atoms with Gasteiger partial charge in [-0.05, 0) is 19.1 Å². The van der Waals surface area contributed by atoms with Crippen LogP contribution in [-0.2, 0) is 0 Å². The number of rotatable bonds is 4. The molecule has 0 heterocycles. The summed E-state index contributed by atoms with van der Waals surface area (Å²) in [4.78, 5) is 2.09. The molecule has 0 amide bonds. The minimum Gasteiger partial charge on any atom is -0.409 e. The molecule has 0 bridgehead atoms. The molecule has 0 aromatic heterocycles. The highest BCUT2D eigenvalue weighted by Crippen LogP contribution is 2.14. The van der Waals surface area contributed by atoms with E-state index in [-0.39, 0.29) is 11.8 Å². The summed E-state index contributed by atoms with van der Waals surface area (Å²) in [7, 11) is 1.99. The maximum absolute atomic E-state index is 8.57. The van der Waals surface area contributed by atoms with E-state index in [1.807, 2.05) is 14.0 Å². The Labute approximate surface area is 96.4 Å². The van der Waals surface area contributed by atoms with Crippen LogP contribution in [0.15, 0.2) is 29.4 Å². The van der Waals surface area contributed by atoms with Crippen LogP contribution in [-0.4, -0.2) is 24.6 Å². The van der Waals surface area contributed by atoms with Crippen LogP contribution in [0.2, 0.25) is 0 Å². The van der Waals surface area contributed by atoms with Crippen molar-refractivity contribution >= 4 is 11.5 Å². The number of hydrogen-bond acceptors (Lipinski definition) is 3. The van der Waals surface area contributed by atoms with E-state index in [1.165, 1.54) is 5.56 Å². The number of benzene rings is 1. The zero-order chi connectivity index (χ0) is 12.1. The van der Waals surface area contributed by atoms with Crippen molar-refractivity contribution in [3.05, 3.63) is 29.8 Å². The number of oxime groups is 1. The van der Waals surface area contributed by atoms with Gasteiger partial charge >= 0.3 is 0 Å². The molecule has 1 aromatic rings. The second-order valence-corrected chi connectivity index (χ2v) is 4.14. The molecule has 16 heavy (non-hydrogen) atoms. The molecule has 0 spiro atoms. The largest absolute Gasteiger partial charge is 0.409 e. The van der Waals surface area contributed by atoms with Gasteiger partial charge in [-0.25, -0.2) is 0 Å². The van der Waals surface area contributed by atoms with Crippen LogP contribution in [0.5, 0.6) is 0 Å². The van der Waals surface area contributed by atoms with E-state index in [0.717, 1.165) is 12.2 Å². The van der Waals surface area contributed by atoms with E-state index in [9.17, 15) is 0 Å². The fourth-order valence-electron chi connectivity index (χ4n) is 1.51. The number of anilines is 1. The quantitative estimate of drug-likeness (QED) is 0.353. The van der Waals surface area contributed by atoms with Gasteiger partial charge < -0.3 is 15.8 Å². The lowest BCUT2D eigenvalue weighted by Gasteiger charge is -2.22. The molecule has 0 aliphatic heterocycles. The molecule has 3 N–H and O–H groups in total. The normalized spacial score (nSPS) is 13.6. The predicted molar refractivity (Wildman–Crippen MR) is 67.0 cm³/mol. The molecule has 4 nitrogen and oxygen atoms in total. The second kappa shape index (κ2) is 5.39. The minimum absolute atomic E-state index is 0.0244. The third-order valence-corrected chi connectivity index (χ3v) is 2.64. The smallest absolute Gasteiger partial charge is 0.143 e. The van der Waals surface area contributed by atoms with Crippen molar-refractivity contribution in [3.63, 3.8) is 0 Å². The van der Waals surface area contributed by atoms with E-state index >= 15 is 0 Å². The van der Waals surface area contributed by atoms with Gasteiger partial charge in [-0.15, -0.1) is 0 Å². The fraction of sp³-hybridized carbons (Fsp3) is 0.417. The van der Waals surface area contributed by atoms with E-state index < -0.39 is 0 Å². The first kappa shape index (κ1) is 12.4. The van der Waals surface area contributed by atoms with Gasteiger partial charge in [0.1, 0.15) is 5.84 Å². The Balaban J connectivity index is 2.65. The van der Waals surface area contributed by atoms with Crippen molar-refractivity contribution in [2.75, 3.05) is 18.5 Å². The van der Waals surface area contributed by atoms with Gasteiger partial charge in [0.25, 0.3) is 0 Å². The summed E-state index contributed by atoms with van der Waals surface area (Å²) in [5, 5.41) is 11.6. The molecule has 4 heteroatoms. The zero-order valence-corrected chi connectivity index (χ0v) is 10.0. The van der Waals surface area contributed by atoms with E-state index in [2.05, 4.69) is 41.2 Å². The average Bonchev–Trinajstić information content (AvgIpc) is 2.28. The van der Waals surface area contributed by atoms with E-state index in [1.54, 1.807) is 0 Å².